The van der Waals surface area contributed by atoms with Crippen molar-refractivity contribution >= 4 is 16.9 Å². The summed E-state index contributed by atoms with van der Waals surface area (Å²) in [6.07, 6.45) is 0.578. The van der Waals surface area contributed by atoms with Gasteiger partial charge in [-0.3, -0.25) is 9.59 Å². The van der Waals surface area contributed by atoms with E-state index in [9.17, 15) is 9.59 Å². The number of rotatable bonds is 6. The number of amides is 1. The zero-order valence-corrected chi connectivity index (χ0v) is 21.2. The van der Waals surface area contributed by atoms with Gasteiger partial charge in [0.2, 0.25) is 5.76 Å². The molecule has 0 N–H and O–H groups in total. The zero-order valence-electron chi connectivity index (χ0n) is 21.2. The summed E-state index contributed by atoms with van der Waals surface area (Å²) in [7, 11) is 3.20. The van der Waals surface area contributed by atoms with Gasteiger partial charge in [-0.25, -0.2) is 0 Å². The van der Waals surface area contributed by atoms with Gasteiger partial charge < -0.3 is 18.8 Å². The Morgan fingerprint density at radius 3 is 2.25 bits per heavy atom. The van der Waals surface area contributed by atoms with Crippen LogP contribution in [-0.2, 0) is 6.42 Å². The third-order valence-corrected chi connectivity index (χ3v) is 7.06. The van der Waals surface area contributed by atoms with E-state index in [4.69, 9.17) is 13.9 Å². The molecule has 3 aromatic carbocycles. The van der Waals surface area contributed by atoms with E-state index in [2.05, 4.69) is 0 Å². The average molecular weight is 484 g/mol. The summed E-state index contributed by atoms with van der Waals surface area (Å²) in [5.74, 6) is 1.15. The fraction of sp³-hybridized carbons (Fsp3) is 0.267. The molecule has 1 aromatic heterocycles. The van der Waals surface area contributed by atoms with Crippen LogP contribution in [0.3, 0.4) is 0 Å². The summed E-state index contributed by atoms with van der Waals surface area (Å²) in [5, 5.41) is 0.503. The van der Waals surface area contributed by atoms with E-state index in [1.54, 1.807) is 19.1 Å². The second-order valence-corrected chi connectivity index (χ2v) is 9.36. The van der Waals surface area contributed by atoms with Gasteiger partial charge in [0, 0.05) is 6.54 Å². The molecule has 0 fully saturated rings. The van der Waals surface area contributed by atoms with Crippen molar-refractivity contribution in [2.45, 2.75) is 33.2 Å². The molecule has 0 saturated heterocycles. The van der Waals surface area contributed by atoms with Crippen LogP contribution in [-0.4, -0.2) is 31.6 Å². The van der Waals surface area contributed by atoms with Crippen LogP contribution in [0.5, 0.6) is 11.5 Å². The summed E-state index contributed by atoms with van der Waals surface area (Å²) in [5.41, 5.74) is 5.71. The lowest BCUT2D eigenvalue weighted by Crippen LogP contribution is -2.31. The van der Waals surface area contributed by atoms with Crippen LogP contribution in [0.25, 0.3) is 11.0 Å². The van der Waals surface area contributed by atoms with E-state index in [0.29, 0.717) is 41.0 Å². The molecular formula is C30H29NO5. The maximum absolute atomic E-state index is 13.8. The Morgan fingerprint density at radius 1 is 0.861 bits per heavy atom. The summed E-state index contributed by atoms with van der Waals surface area (Å²) < 4.78 is 16.9. The van der Waals surface area contributed by atoms with Crippen molar-refractivity contribution in [1.29, 1.82) is 0 Å². The van der Waals surface area contributed by atoms with E-state index in [-0.39, 0.29) is 17.1 Å². The largest absolute Gasteiger partial charge is 0.493 e. The molecule has 1 unspecified atom stereocenters. The highest BCUT2D eigenvalue weighted by Gasteiger charge is 2.42. The normalized spacial score (nSPS) is 14.9. The van der Waals surface area contributed by atoms with Crippen molar-refractivity contribution in [3.8, 4) is 11.5 Å². The molecule has 4 aromatic rings. The lowest BCUT2D eigenvalue weighted by atomic mass is 9.96. The van der Waals surface area contributed by atoms with Crippen LogP contribution in [0.4, 0.5) is 0 Å². The first-order valence-corrected chi connectivity index (χ1v) is 12.0. The molecule has 1 aliphatic rings. The average Bonchev–Trinajstić information content (AvgIpc) is 3.16. The number of nitrogens with zero attached hydrogens (tertiary/aromatic N) is 1. The highest BCUT2D eigenvalue weighted by molar-refractivity contribution is 5.99. The summed E-state index contributed by atoms with van der Waals surface area (Å²) in [6, 6.07) is 16.9. The predicted octanol–water partition coefficient (Wildman–Crippen LogP) is 5.52. The molecule has 6 nitrogen and oxygen atoms in total. The number of hydrogen-bond acceptors (Lipinski definition) is 5. The molecule has 184 valence electrons. The van der Waals surface area contributed by atoms with Crippen molar-refractivity contribution in [1.82, 2.24) is 4.90 Å². The summed E-state index contributed by atoms with van der Waals surface area (Å²) >= 11 is 0. The van der Waals surface area contributed by atoms with Crippen LogP contribution in [0, 0.1) is 20.8 Å². The zero-order chi connectivity index (χ0) is 25.6. The van der Waals surface area contributed by atoms with Gasteiger partial charge in [0.15, 0.2) is 16.9 Å². The van der Waals surface area contributed by atoms with Crippen LogP contribution in [0.15, 0.2) is 63.8 Å². The van der Waals surface area contributed by atoms with Crippen LogP contribution < -0.4 is 14.9 Å². The third kappa shape index (κ3) is 3.92. The molecule has 1 aliphatic heterocycles. The number of ether oxygens (including phenoxy) is 2. The highest BCUT2D eigenvalue weighted by Crippen LogP contribution is 2.39. The van der Waals surface area contributed by atoms with Gasteiger partial charge in [0.1, 0.15) is 5.58 Å². The molecule has 0 saturated carbocycles. The fourth-order valence-corrected chi connectivity index (χ4v) is 4.89. The minimum Gasteiger partial charge on any atom is -0.493 e. The van der Waals surface area contributed by atoms with E-state index in [1.807, 2.05) is 75.4 Å². The lowest BCUT2D eigenvalue weighted by molar-refractivity contribution is 0.0730. The maximum atomic E-state index is 13.8. The first-order chi connectivity index (χ1) is 17.3. The number of benzene rings is 3. The minimum absolute atomic E-state index is 0.133. The molecule has 1 atom stereocenters. The van der Waals surface area contributed by atoms with Crippen LogP contribution >= 0.6 is 0 Å². The number of carbonyl (C=O) groups excluding carboxylic acids is 1. The molecule has 2 heterocycles. The smallest absolute Gasteiger partial charge is 0.290 e. The quantitative estimate of drug-likeness (QED) is 0.361. The van der Waals surface area contributed by atoms with Crippen molar-refractivity contribution in [3.05, 3.63) is 104 Å². The molecule has 5 rings (SSSR count). The van der Waals surface area contributed by atoms with Gasteiger partial charge in [-0.2, -0.15) is 0 Å². The van der Waals surface area contributed by atoms with Gasteiger partial charge in [-0.1, -0.05) is 35.9 Å². The summed E-state index contributed by atoms with van der Waals surface area (Å²) in [6.45, 7) is 6.36. The van der Waals surface area contributed by atoms with E-state index >= 15 is 0 Å². The molecule has 1 amide bonds. The molecular weight excluding hydrogens is 454 g/mol. The van der Waals surface area contributed by atoms with Crippen LogP contribution in [0.2, 0.25) is 0 Å². The lowest BCUT2D eigenvalue weighted by Gasteiger charge is -2.25. The molecule has 0 aliphatic carbocycles. The van der Waals surface area contributed by atoms with Crippen molar-refractivity contribution in [2.24, 2.45) is 0 Å². The van der Waals surface area contributed by atoms with Gasteiger partial charge in [0.25, 0.3) is 5.91 Å². The van der Waals surface area contributed by atoms with Gasteiger partial charge in [-0.05, 0) is 73.7 Å². The second-order valence-electron chi connectivity index (χ2n) is 9.36. The third-order valence-electron chi connectivity index (χ3n) is 7.06. The Kier molecular flexibility index (Phi) is 6.04. The predicted molar refractivity (Wildman–Crippen MR) is 139 cm³/mol. The van der Waals surface area contributed by atoms with E-state index in [0.717, 1.165) is 27.8 Å². The van der Waals surface area contributed by atoms with E-state index in [1.165, 1.54) is 0 Å². The van der Waals surface area contributed by atoms with Gasteiger partial charge in [-0.15, -0.1) is 0 Å². The fourth-order valence-electron chi connectivity index (χ4n) is 4.89. The Balaban J connectivity index is 1.60. The Morgan fingerprint density at radius 2 is 1.56 bits per heavy atom. The number of carbonyl (C=O) groups is 1. The SMILES string of the molecule is COc1ccc(CCN2C(=O)c3oc4cc(C)c(C)cc4c(=O)c3C2c2ccc(C)cc2)cc1OC. The Bertz CT molecular complexity index is 1530. The Labute approximate surface area is 210 Å². The first-order valence-electron chi connectivity index (χ1n) is 12.0. The number of hydrogen-bond donors (Lipinski definition) is 0. The molecule has 0 radical (unpaired) electrons. The highest BCUT2D eigenvalue weighted by atomic mass is 16.5. The number of aryl methyl sites for hydroxylation is 3. The minimum atomic E-state index is -0.518. The summed E-state index contributed by atoms with van der Waals surface area (Å²) in [4.78, 5) is 29.2. The first kappa shape index (κ1) is 23.7. The number of fused-ring (bicyclic) bond motifs is 2. The van der Waals surface area contributed by atoms with Crippen molar-refractivity contribution in [2.75, 3.05) is 20.8 Å². The molecule has 6 heteroatoms. The molecule has 0 spiro atoms. The topological polar surface area (TPSA) is 69.0 Å². The van der Waals surface area contributed by atoms with Gasteiger partial charge >= 0.3 is 0 Å². The number of methoxy groups -OCH3 is 2. The van der Waals surface area contributed by atoms with Crippen molar-refractivity contribution in [3.63, 3.8) is 0 Å². The van der Waals surface area contributed by atoms with E-state index < -0.39 is 6.04 Å². The maximum Gasteiger partial charge on any atom is 0.290 e. The Hall–Kier alpha value is -4.06. The standard InChI is InChI=1S/C30H29NO5/c1-17-6-9-21(10-7-17)27-26-28(32)22-14-18(2)19(3)15-24(22)36-29(26)30(33)31(27)13-12-20-8-11-23(34-4)25(16-20)35-5/h6-11,14-16,27H,12-13H2,1-5H3. The monoisotopic (exact) mass is 483 g/mol. The van der Waals surface area contributed by atoms with Crippen LogP contribution in [0.1, 0.15) is 50.0 Å². The molecule has 0 bridgehead atoms. The second kappa shape index (κ2) is 9.19. The molecule has 36 heavy (non-hydrogen) atoms. The van der Waals surface area contributed by atoms with Crippen molar-refractivity contribution < 1.29 is 18.7 Å². The van der Waals surface area contributed by atoms with Gasteiger partial charge in [0.05, 0.1) is 31.2 Å².